The van der Waals surface area contributed by atoms with Gasteiger partial charge in [-0.2, -0.15) is 23.7 Å². The molecule has 30 heavy (non-hydrogen) atoms. The molecule has 4 rings (SSSR count). The highest BCUT2D eigenvalue weighted by Crippen LogP contribution is 2.30. The normalized spacial score (nSPS) is 20.6. The number of nitriles is 1. The number of fused-ring (bicyclic) bond motifs is 1. The zero-order valence-corrected chi connectivity index (χ0v) is 18.7. The monoisotopic (exact) mass is 450 g/mol. The Morgan fingerprint density at radius 3 is 2.63 bits per heavy atom. The molecule has 9 nitrogen and oxygen atoms in total. The molecule has 2 aliphatic rings. The van der Waals surface area contributed by atoms with Gasteiger partial charge in [-0.3, -0.25) is 9.36 Å². The van der Waals surface area contributed by atoms with Gasteiger partial charge in [-0.1, -0.05) is 12.8 Å². The summed E-state index contributed by atoms with van der Waals surface area (Å²) in [6.07, 6.45) is 8.30. The van der Waals surface area contributed by atoms with Gasteiger partial charge in [-0.15, -0.1) is 0 Å². The molecule has 0 aromatic carbocycles. The van der Waals surface area contributed by atoms with E-state index in [1.165, 1.54) is 10.6 Å². The first kappa shape index (κ1) is 22.5. The molecular weight excluding hydrogens is 424 g/mol. The lowest BCUT2D eigenvalue weighted by Crippen LogP contribution is -2.44. The second-order valence-electron chi connectivity index (χ2n) is 7.86. The molecule has 1 aliphatic heterocycles. The van der Waals surface area contributed by atoms with Crippen LogP contribution in [0.4, 0.5) is 5.95 Å². The highest BCUT2D eigenvalue weighted by atomic mass is 32.2. The van der Waals surface area contributed by atoms with Crippen molar-refractivity contribution in [2.45, 2.75) is 50.6 Å². The van der Waals surface area contributed by atoms with Crippen LogP contribution in [0, 0.1) is 11.3 Å². The molecule has 1 saturated carbocycles. The van der Waals surface area contributed by atoms with E-state index < -0.39 is 10.0 Å². The molecule has 1 atom stereocenters. The first-order chi connectivity index (χ1) is 13.9. The van der Waals surface area contributed by atoms with Gasteiger partial charge in [-0.25, -0.2) is 17.7 Å². The number of rotatable bonds is 4. The van der Waals surface area contributed by atoms with Gasteiger partial charge in [0.15, 0.2) is 0 Å². The predicted molar refractivity (Wildman–Crippen MR) is 119 cm³/mol. The minimum Gasteiger partial charge on any atom is -0.350 e. The van der Waals surface area contributed by atoms with Crippen LogP contribution in [0.25, 0.3) is 11.0 Å². The Labute approximate surface area is 182 Å². The molecule has 3 heterocycles. The van der Waals surface area contributed by atoms with Crippen molar-refractivity contribution in [1.82, 2.24) is 18.8 Å². The molecule has 1 aliphatic carbocycles. The molecule has 2 aromatic rings. The zero-order chi connectivity index (χ0) is 20.6. The van der Waals surface area contributed by atoms with Crippen molar-refractivity contribution >= 4 is 40.5 Å². The van der Waals surface area contributed by atoms with Gasteiger partial charge in [0.05, 0.1) is 6.26 Å². The number of aromatic nitrogens is 3. The third-order valence-electron chi connectivity index (χ3n) is 5.77. The van der Waals surface area contributed by atoms with Crippen LogP contribution in [-0.4, -0.2) is 52.6 Å². The van der Waals surface area contributed by atoms with Crippen LogP contribution >= 0.6 is 13.5 Å². The predicted octanol–water partition coefficient (Wildman–Crippen LogP) is 1.73. The number of hydrogen-bond donors (Lipinski definition) is 1. The summed E-state index contributed by atoms with van der Waals surface area (Å²) in [7, 11) is -3.24. The van der Waals surface area contributed by atoms with Crippen LogP contribution in [-0.2, 0) is 10.0 Å². The van der Waals surface area contributed by atoms with Gasteiger partial charge in [0.1, 0.15) is 17.3 Å². The maximum Gasteiger partial charge on any atom is 0.270 e. The Bertz CT molecular complexity index is 1140. The van der Waals surface area contributed by atoms with E-state index in [4.69, 9.17) is 0 Å². The largest absolute Gasteiger partial charge is 0.350 e. The fourth-order valence-corrected chi connectivity index (χ4v) is 5.23. The Hall–Kier alpha value is -2.16. The third-order valence-corrected chi connectivity index (χ3v) is 7.04. The van der Waals surface area contributed by atoms with E-state index >= 15 is 0 Å². The first-order valence-electron chi connectivity index (χ1n) is 9.91. The highest BCUT2D eigenvalue weighted by molar-refractivity contribution is 7.88. The summed E-state index contributed by atoms with van der Waals surface area (Å²) in [6, 6.07) is 3.47. The van der Waals surface area contributed by atoms with Crippen molar-refractivity contribution in [3.05, 3.63) is 28.2 Å². The van der Waals surface area contributed by atoms with E-state index in [0.717, 1.165) is 38.5 Å². The van der Waals surface area contributed by atoms with Crippen molar-refractivity contribution in [1.29, 1.82) is 5.26 Å². The Balaban J connectivity index is 0.00000256. The van der Waals surface area contributed by atoms with Gasteiger partial charge in [0.2, 0.25) is 16.0 Å². The van der Waals surface area contributed by atoms with E-state index in [0.29, 0.717) is 30.1 Å². The molecule has 0 unspecified atom stereocenters. The van der Waals surface area contributed by atoms with Crippen LogP contribution in [0.2, 0.25) is 0 Å². The molecule has 162 valence electrons. The van der Waals surface area contributed by atoms with Crippen LogP contribution < -0.4 is 10.9 Å². The molecule has 2 fully saturated rings. The lowest BCUT2D eigenvalue weighted by atomic mass is 10.1. The second kappa shape index (κ2) is 8.91. The minimum atomic E-state index is -3.24. The first-order valence-corrected chi connectivity index (χ1v) is 11.8. The number of hydrogen-bond acceptors (Lipinski definition) is 7. The summed E-state index contributed by atoms with van der Waals surface area (Å²) in [6.45, 7) is 0.886. The Morgan fingerprint density at radius 1 is 1.23 bits per heavy atom. The summed E-state index contributed by atoms with van der Waals surface area (Å²) in [5, 5.41) is 13.2. The highest BCUT2D eigenvalue weighted by Gasteiger charge is 2.27. The number of anilines is 1. The second-order valence-corrected chi connectivity index (χ2v) is 9.84. The molecule has 0 radical (unpaired) electrons. The number of pyridine rings is 1. The smallest absolute Gasteiger partial charge is 0.270 e. The van der Waals surface area contributed by atoms with Crippen LogP contribution in [0.1, 0.15) is 50.1 Å². The number of piperidine rings is 1. The van der Waals surface area contributed by atoms with Crippen molar-refractivity contribution in [2.75, 3.05) is 24.7 Å². The van der Waals surface area contributed by atoms with Crippen molar-refractivity contribution in [3.63, 3.8) is 0 Å². The molecule has 11 heteroatoms. The van der Waals surface area contributed by atoms with Crippen LogP contribution in [0.5, 0.6) is 0 Å². The fourth-order valence-electron chi connectivity index (χ4n) is 4.31. The van der Waals surface area contributed by atoms with E-state index in [1.807, 2.05) is 6.07 Å². The zero-order valence-electron chi connectivity index (χ0n) is 16.8. The summed E-state index contributed by atoms with van der Waals surface area (Å²) in [4.78, 5) is 21.8. The van der Waals surface area contributed by atoms with E-state index in [2.05, 4.69) is 15.3 Å². The lowest BCUT2D eigenvalue weighted by Gasteiger charge is -2.31. The topological polar surface area (TPSA) is 121 Å². The maximum absolute atomic E-state index is 12.8. The van der Waals surface area contributed by atoms with Gasteiger partial charge in [0, 0.05) is 36.8 Å². The SMILES string of the molecule is CS(=O)(=O)N1CCC[C@H](Nc2ncc3cc(C#N)c(=O)n(C4CCCC4)c3n2)C1.S. The molecule has 2 aromatic heterocycles. The fraction of sp³-hybridized carbons (Fsp3) is 0.579. The summed E-state index contributed by atoms with van der Waals surface area (Å²) in [5.74, 6) is 0.369. The van der Waals surface area contributed by atoms with Gasteiger partial charge >= 0.3 is 0 Å². The molecular formula is C19H26N6O3S2. The molecule has 1 saturated heterocycles. The van der Waals surface area contributed by atoms with Crippen molar-refractivity contribution in [3.8, 4) is 6.07 Å². The van der Waals surface area contributed by atoms with Crippen LogP contribution in [0.15, 0.2) is 17.1 Å². The van der Waals surface area contributed by atoms with Crippen molar-refractivity contribution in [2.24, 2.45) is 0 Å². The van der Waals surface area contributed by atoms with E-state index in [-0.39, 0.29) is 36.7 Å². The Morgan fingerprint density at radius 2 is 1.97 bits per heavy atom. The van der Waals surface area contributed by atoms with Crippen molar-refractivity contribution < 1.29 is 8.42 Å². The average molecular weight is 451 g/mol. The number of nitrogens with zero attached hydrogens (tertiary/aromatic N) is 5. The Kier molecular flexibility index (Phi) is 6.69. The minimum absolute atomic E-state index is 0. The number of nitrogens with one attached hydrogen (secondary N) is 1. The summed E-state index contributed by atoms with van der Waals surface area (Å²) >= 11 is 0. The van der Waals surface area contributed by atoms with Gasteiger partial charge < -0.3 is 5.32 Å². The molecule has 0 bridgehead atoms. The average Bonchev–Trinajstić information content (AvgIpc) is 3.21. The van der Waals surface area contributed by atoms with E-state index in [1.54, 1.807) is 16.8 Å². The standard InChI is InChI=1S/C19H24N6O3S.H2S/c1-29(27,28)24-8-4-5-15(12-24)22-19-21-11-14-9-13(10-20)18(26)25(17(14)23-19)16-6-2-3-7-16;/h9,11,15-16H,2-8,12H2,1H3,(H,21,22,23);1H2/t15-;/m0./s1. The number of sulfonamides is 1. The maximum atomic E-state index is 12.8. The molecule has 1 N–H and O–H groups in total. The third kappa shape index (κ3) is 4.45. The van der Waals surface area contributed by atoms with Gasteiger partial charge in [0.25, 0.3) is 5.56 Å². The molecule has 0 amide bonds. The van der Waals surface area contributed by atoms with Crippen LogP contribution in [0.3, 0.4) is 0 Å². The van der Waals surface area contributed by atoms with Gasteiger partial charge in [-0.05, 0) is 31.7 Å². The summed E-state index contributed by atoms with van der Waals surface area (Å²) in [5.41, 5.74) is 0.316. The summed E-state index contributed by atoms with van der Waals surface area (Å²) < 4.78 is 26.8. The quantitative estimate of drug-likeness (QED) is 0.753. The lowest BCUT2D eigenvalue weighted by molar-refractivity contribution is 0.328. The van der Waals surface area contributed by atoms with E-state index in [9.17, 15) is 18.5 Å². The molecule has 0 spiro atoms.